The number of ether oxygens (including phenoxy) is 2. The molecular weight excluding hydrogens is 322 g/mol. The summed E-state index contributed by atoms with van der Waals surface area (Å²) in [4.78, 5) is 27.2. The van der Waals surface area contributed by atoms with Gasteiger partial charge in [-0.2, -0.15) is 0 Å². The van der Waals surface area contributed by atoms with Crippen molar-refractivity contribution >= 4 is 22.6 Å². The van der Waals surface area contributed by atoms with Crippen LogP contribution in [0.25, 0.3) is 10.8 Å². The first-order valence-electron chi connectivity index (χ1n) is 8.18. The number of carbonyl (C=O) groups is 2. The number of hydrogen-bond acceptors (Lipinski definition) is 5. The fraction of sp³-hybridized carbons (Fsp3) is 0.389. The van der Waals surface area contributed by atoms with Crippen LogP contribution in [0.4, 0.5) is 0 Å². The van der Waals surface area contributed by atoms with E-state index in [-0.39, 0.29) is 11.9 Å². The Bertz CT molecular complexity index is 821. The third-order valence-electron chi connectivity index (χ3n) is 4.52. The van der Waals surface area contributed by atoms with Crippen LogP contribution in [0.5, 0.6) is 11.6 Å². The summed E-state index contributed by atoms with van der Waals surface area (Å²) in [5.41, 5.74) is 5.71. The number of benzene rings is 1. The number of nitrogens with one attached hydrogen (secondary N) is 1. The van der Waals surface area contributed by atoms with Gasteiger partial charge in [-0.3, -0.25) is 9.59 Å². The Morgan fingerprint density at radius 1 is 1.44 bits per heavy atom. The third kappa shape index (κ3) is 3.50. The molecule has 0 saturated carbocycles. The van der Waals surface area contributed by atoms with E-state index < -0.39 is 5.91 Å². The standard InChI is InChI=1S/C18H21N3O4/c1-10-7-16(22)21-14(10)4-6-25-18-12-9-15(24-2)13(17(19)23)8-11(12)3-5-20-18/h3,5,8-10,14H,4,6-7H2,1-2H3,(H2,19,23)(H,21,22)/t10-,14-/m1/s1. The summed E-state index contributed by atoms with van der Waals surface area (Å²) in [6.45, 7) is 2.48. The van der Waals surface area contributed by atoms with E-state index >= 15 is 0 Å². The number of amides is 2. The number of aromatic nitrogens is 1. The van der Waals surface area contributed by atoms with Crippen molar-refractivity contribution in [1.82, 2.24) is 10.3 Å². The second kappa shape index (κ2) is 6.96. The average molecular weight is 343 g/mol. The summed E-state index contributed by atoms with van der Waals surface area (Å²) in [5, 5.41) is 4.49. The van der Waals surface area contributed by atoms with Gasteiger partial charge < -0.3 is 20.5 Å². The van der Waals surface area contributed by atoms with E-state index in [0.29, 0.717) is 42.6 Å². The molecular formula is C18H21N3O4. The zero-order valence-corrected chi connectivity index (χ0v) is 14.2. The van der Waals surface area contributed by atoms with Crippen molar-refractivity contribution in [2.45, 2.75) is 25.8 Å². The molecule has 2 amide bonds. The minimum absolute atomic E-state index is 0.0875. The molecule has 1 saturated heterocycles. The molecule has 2 heterocycles. The highest BCUT2D eigenvalue weighted by Crippen LogP contribution is 2.30. The number of methoxy groups -OCH3 is 1. The number of nitrogens with zero attached hydrogens (tertiary/aromatic N) is 1. The molecule has 1 aliphatic rings. The molecule has 25 heavy (non-hydrogen) atoms. The van der Waals surface area contributed by atoms with Gasteiger partial charge in [-0.25, -0.2) is 4.98 Å². The normalized spacial score (nSPS) is 19.7. The molecule has 1 fully saturated rings. The lowest BCUT2D eigenvalue weighted by atomic mass is 10.0. The third-order valence-corrected chi connectivity index (χ3v) is 4.52. The minimum Gasteiger partial charge on any atom is -0.496 e. The Kier molecular flexibility index (Phi) is 4.74. The Labute approximate surface area is 145 Å². The molecule has 0 spiro atoms. The molecule has 7 nitrogen and oxygen atoms in total. The molecule has 0 unspecified atom stereocenters. The topological polar surface area (TPSA) is 104 Å². The van der Waals surface area contributed by atoms with E-state index in [1.165, 1.54) is 7.11 Å². The van der Waals surface area contributed by atoms with Crippen molar-refractivity contribution in [3.05, 3.63) is 30.0 Å². The van der Waals surface area contributed by atoms with Crippen molar-refractivity contribution in [1.29, 1.82) is 0 Å². The highest BCUT2D eigenvalue weighted by Gasteiger charge is 2.28. The predicted molar refractivity (Wildman–Crippen MR) is 92.6 cm³/mol. The zero-order valence-electron chi connectivity index (χ0n) is 14.2. The largest absolute Gasteiger partial charge is 0.496 e. The molecule has 1 aromatic carbocycles. The van der Waals surface area contributed by atoms with Crippen LogP contribution in [0.15, 0.2) is 24.4 Å². The Hall–Kier alpha value is -2.83. The number of pyridine rings is 1. The number of nitrogens with two attached hydrogens (primary N) is 1. The molecule has 3 rings (SSSR count). The van der Waals surface area contributed by atoms with Gasteiger partial charge in [0.15, 0.2) is 0 Å². The number of rotatable bonds is 6. The molecule has 2 atom stereocenters. The van der Waals surface area contributed by atoms with Gasteiger partial charge in [0.2, 0.25) is 11.8 Å². The minimum atomic E-state index is -0.552. The van der Waals surface area contributed by atoms with Gasteiger partial charge in [-0.05, 0) is 29.5 Å². The highest BCUT2D eigenvalue weighted by atomic mass is 16.5. The highest BCUT2D eigenvalue weighted by molar-refractivity contribution is 6.01. The van der Waals surface area contributed by atoms with E-state index in [1.807, 2.05) is 0 Å². The summed E-state index contributed by atoms with van der Waals surface area (Å²) in [5.74, 6) is 0.682. The lowest BCUT2D eigenvalue weighted by molar-refractivity contribution is -0.119. The average Bonchev–Trinajstić information content (AvgIpc) is 2.91. The predicted octanol–water partition coefficient (Wildman–Crippen LogP) is 1.64. The molecule has 0 radical (unpaired) electrons. The summed E-state index contributed by atoms with van der Waals surface area (Å²) in [6.07, 6.45) is 2.89. The molecule has 1 aliphatic heterocycles. The second-order valence-corrected chi connectivity index (χ2v) is 6.25. The van der Waals surface area contributed by atoms with Gasteiger partial charge in [-0.15, -0.1) is 0 Å². The zero-order chi connectivity index (χ0) is 18.0. The van der Waals surface area contributed by atoms with Crippen LogP contribution in [-0.2, 0) is 4.79 Å². The van der Waals surface area contributed by atoms with Crippen LogP contribution in [0, 0.1) is 5.92 Å². The van der Waals surface area contributed by atoms with Crippen LogP contribution in [0.3, 0.4) is 0 Å². The fourth-order valence-corrected chi connectivity index (χ4v) is 3.13. The number of primary amides is 1. The van der Waals surface area contributed by atoms with Crippen LogP contribution in [0.2, 0.25) is 0 Å². The fourth-order valence-electron chi connectivity index (χ4n) is 3.13. The van der Waals surface area contributed by atoms with E-state index in [9.17, 15) is 9.59 Å². The SMILES string of the molecule is COc1cc2c(OCC[C@H]3NC(=O)C[C@H]3C)nccc2cc1C(N)=O. The summed E-state index contributed by atoms with van der Waals surface area (Å²) in [6, 6.07) is 5.29. The molecule has 7 heteroatoms. The first kappa shape index (κ1) is 17.0. The molecule has 2 aromatic rings. The van der Waals surface area contributed by atoms with Crippen molar-refractivity contribution in [3.63, 3.8) is 0 Å². The summed E-state index contributed by atoms with van der Waals surface area (Å²) < 4.78 is 11.1. The van der Waals surface area contributed by atoms with Crippen LogP contribution < -0.4 is 20.5 Å². The number of carbonyl (C=O) groups excluding carboxylic acids is 2. The van der Waals surface area contributed by atoms with Crippen molar-refractivity contribution in [2.24, 2.45) is 11.7 Å². The lowest BCUT2D eigenvalue weighted by Crippen LogP contribution is -2.29. The second-order valence-electron chi connectivity index (χ2n) is 6.25. The molecule has 132 valence electrons. The Morgan fingerprint density at radius 2 is 2.24 bits per heavy atom. The van der Waals surface area contributed by atoms with Gasteiger partial charge in [-0.1, -0.05) is 6.92 Å². The number of hydrogen-bond donors (Lipinski definition) is 2. The lowest BCUT2D eigenvalue weighted by Gasteiger charge is -2.16. The van der Waals surface area contributed by atoms with Crippen molar-refractivity contribution in [2.75, 3.05) is 13.7 Å². The monoisotopic (exact) mass is 343 g/mol. The number of fused-ring (bicyclic) bond motifs is 1. The maximum Gasteiger partial charge on any atom is 0.252 e. The van der Waals surface area contributed by atoms with Gasteiger partial charge >= 0.3 is 0 Å². The molecule has 0 bridgehead atoms. The van der Waals surface area contributed by atoms with Gasteiger partial charge in [0.05, 0.1) is 19.3 Å². The first-order valence-corrected chi connectivity index (χ1v) is 8.18. The van der Waals surface area contributed by atoms with Gasteiger partial charge in [0.1, 0.15) is 5.75 Å². The van der Waals surface area contributed by atoms with E-state index in [2.05, 4.69) is 17.2 Å². The quantitative estimate of drug-likeness (QED) is 0.830. The van der Waals surface area contributed by atoms with E-state index in [1.54, 1.807) is 24.4 Å². The smallest absolute Gasteiger partial charge is 0.252 e. The Balaban J connectivity index is 1.79. The van der Waals surface area contributed by atoms with E-state index in [4.69, 9.17) is 15.2 Å². The maximum atomic E-state index is 11.5. The Morgan fingerprint density at radius 3 is 2.88 bits per heavy atom. The van der Waals surface area contributed by atoms with Crippen molar-refractivity contribution < 1.29 is 19.1 Å². The van der Waals surface area contributed by atoms with Crippen LogP contribution >= 0.6 is 0 Å². The van der Waals surface area contributed by atoms with Gasteiger partial charge in [0, 0.05) is 30.5 Å². The molecule has 1 aromatic heterocycles. The maximum absolute atomic E-state index is 11.5. The summed E-state index contributed by atoms with van der Waals surface area (Å²) in [7, 11) is 1.48. The van der Waals surface area contributed by atoms with E-state index in [0.717, 1.165) is 10.8 Å². The first-order chi connectivity index (χ1) is 12.0. The molecule has 0 aliphatic carbocycles. The van der Waals surface area contributed by atoms with Gasteiger partial charge in [0.25, 0.3) is 5.91 Å². The molecule has 3 N–H and O–H groups in total. The summed E-state index contributed by atoms with van der Waals surface area (Å²) >= 11 is 0. The van der Waals surface area contributed by atoms with Crippen molar-refractivity contribution in [3.8, 4) is 11.6 Å². The van der Waals surface area contributed by atoms with Crippen LogP contribution in [0.1, 0.15) is 30.1 Å². The van der Waals surface area contributed by atoms with Crippen LogP contribution in [-0.4, -0.2) is 36.6 Å².